The van der Waals surface area contributed by atoms with Crippen molar-refractivity contribution in [3.63, 3.8) is 0 Å². The van der Waals surface area contributed by atoms with Gasteiger partial charge in [0.2, 0.25) is 0 Å². The molecule has 0 unspecified atom stereocenters. The summed E-state index contributed by atoms with van der Waals surface area (Å²) in [5.41, 5.74) is 0.0204. The lowest BCUT2D eigenvalue weighted by molar-refractivity contribution is -0.159. The van der Waals surface area contributed by atoms with Gasteiger partial charge >= 0.3 is 18.2 Å². The largest absolute Gasteiger partial charge is 0.480 e. The molecule has 1 N–H and O–H groups in total. The second-order valence-electron chi connectivity index (χ2n) is 3.63. The van der Waals surface area contributed by atoms with Crippen LogP contribution in [0.3, 0.4) is 0 Å². The maximum Gasteiger partial charge on any atom is 0.422 e. The highest BCUT2D eigenvalue weighted by Crippen LogP contribution is 2.21. The van der Waals surface area contributed by atoms with E-state index in [4.69, 9.17) is 16.7 Å². The highest BCUT2D eigenvalue weighted by Gasteiger charge is 2.31. The Balaban J connectivity index is 2.89. The first-order valence-electron chi connectivity index (χ1n) is 5.17. The molecule has 0 atom stereocenters. The van der Waals surface area contributed by atoms with E-state index in [1.54, 1.807) is 0 Å². The van der Waals surface area contributed by atoms with Crippen molar-refractivity contribution in [3.05, 3.63) is 29.3 Å². The van der Waals surface area contributed by atoms with E-state index in [1.807, 2.05) is 0 Å². The molecule has 5 nitrogen and oxygen atoms in total. The molecule has 0 fully saturated rings. The third-order valence-corrected chi connectivity index (χ3v) is 2.23. The number of carbonyl (C=O) groups is 2. The Labute approximate surface area is 116 Å². The molecule has 0 saturated heterocycles. The van der Waals surface area contributed by atoms with Gasteiger partial charge in [-0.25, -0.2) is 4.79 Å². The monoisotopic (exact) mass is 311 g/mol. The van der Waals surface area contributed by atoms with Gasteiger partial charge in [0.1, 0.15) is 6.54 Å². The topological polar surface area (TPSA) is 66.8 Å². The van der Waals surface area contributed by atoms with Gasteiger partial charge in [0, 0.05) is 10.7 Å². The minimum atomic E-state index is -4.70. The van der Waals surface area contributed by atoms with Crippen LogP contribution in [0.15, 0.2) is 24.3 Å². The van der Waals surface area contributed by atoms with Crippen molar-refractivity contribution in [2.24, 2.45) is 0 Å². The van der Waals surface area contributed by atoms with Crippen LogP contribution in [-0.4, -0.2) is 36.5 Å². The molecule has 0 radical (unpaired) electrons. The fourth-order valence-corrected chi connectivity index (χ4v) is 1.45. The van der Waals surface area contributed by atoms with E-state index in [0.717, 1.165) is 0 Å². The maximum atomic E-state index is 12.0. The van der Waals surface area contributed by atoms with Crippen LogP contribution in [0.5, 0.6) is 0 Å². The molecule has 9 heteroatoms. The van der Waals surface area contributed by atoms with Gasteiger partial charge in [-0.05, 0) is 18.2 Å². The first kappa shape index (κ1) is 16.1. The molecule has 1 aromatic rings. The van der Waals surface area contributed by atoms with Gasteiger partial charge in [-0.15, -0.1) is 0 Å². The zero-order valence-corrected chi connectivity index (χ0v) is 10.6. The molecule has 0 aliphatic carbocycles. The van der Waals surface area contributed by atoms with Crippen LogP contribution >= 0.6 is 11.6 Å². The standard InChI is InChI=1S/C11H9ClF3NO4/c12-7-2-1-3-8(4-7)16(5-9(17)18)10(19)20-6-11(13,14)15/h1-4H,5-6H2,(H,17,18). The Morgan fingerprint density at radius 2 is 2.00 bits per heavy atom. The van der Waals surface area contributed by atoms with E-state index in [0.29, 0.717) is 4.90 Å². The molecule has 110 valence electrons. The molecule has 0 aromatic heterocycles. The van der Waals surface area contributed by atoms with Crippen molar-refractivity contribution >= 4 is 29.4 Å². The van der Waals surface area contributed by atoms with Gasteiger partial charge in [-0.3, -0.25) is 9.69 Å². The van der Waals surface area contributed by atoms with Crippen molar-refractivity contribution in [3.8, 4) is 0 Å². The Morgan fingerprint density at radius 3 is 2.50 bits per heavy atom. The number of hydrogen-bond donors (Lipinski definition) is 1. The summed E-state index contributed by atoms with van der Waals surface area (Å²) in [4.78, 5) is 22.7. The summed E-state index contributed by atoms with van der Waals surface area (Å²) >= 11 is 5.67. The van der Waals surface area contributed by atoms with Crippen LogP contribution in [0, 0.1) is 0 Å². The average Bonchev–Trinajstić information content (AvgIpc) is 2.32. The molecule has 0 bridgehead atoms. The van der Waals surface area contributed by atoms with Crippen molar-refractivity contribution in [2.75, 3.05) is 18.1 Å². The summed E-state index contributed by atoms with van der Waals surface area (Å²) in [5, 5.41) is 8.88. The third-order valence-electron chi connectivity index (χ3n) is 1.99. The number of anilines is 1. The number of benzene rings is 1. The summed E-state index contributed by atoms with van der Waals surface area (Å²) in [6.07, 6.45) is -6.12. The second-order valence-corrected chi connectivity index (χ2v) is 4.07. The van der Waals surface area contributed by atoms with Gasteiger partial charge < -0.3 is 9.84 Å². The summed E-state index contributed by atoms with van der Waals surface area (Å²) < 4.78 is 39.9. The summed E-state index contributed by atoms with van der Waals surface area (Å²) in [7, 11) is 0. The molecular weight excluding hydrogens is 303 g/mol. The molecule has 0 aliphatic heterocycles. The van der Waals surface area contributed by atoms with Gasteiger partial charge in [0.05, 0.1) is 0 Å². The van der Waals surface area contributed by atoms with E-state index >= 15 is 0 Å². The predicted octanol–water partition coefficient (Wildman–Crippen LogP) is 2.93. The van der Waals surface area contributed by atoms with Gasteiger partial charge in [-0.1, -0.05) is 17.7 Å². The highest BCUT2D eigenvalue weighted by molar-refractivity contribution is 6.30. The van der Waals surface area contributed by atoms with Crippen LogP contribution in [-0.2, 0) is 9.53 Å². The second kappa shape index (κ2) is 6.47. The minimum absolute atomic E-state index is 0.0204. The Hall–Kier alpha value is -1.96. The SMILES string of the molecule is O=C(O)CN(C(=O)OCC(F)(F)F)c1cccc(Cl)c1. The average molecular weight is 312 g/mol. The Kier molecular flexibility index (Phi) is 5.20. The summed E-state index contributed by atoms with van der Waals surface area (Å²) in [6.45, 7) is -2.65. The number of aliphatic carboxylic acids is 1. The van der Waals surface area contributed by atoms with Crippen LogP contribution < -0.4 is 4.90 Å². The van der Waals surface area contributed by atoms with Gasteiger partial charge in [0.15, 0.2) is 6.61 Å². The van der Waals surface area contributed by atoms with E-state index < -0.39 is 31.4 Å². The van der Waals surface area contributed by atoms with E-state index in [9.17, 15) is 22.8 Å². The lowest BCUT2D eigenvalue weighted by atomic mass is 10.3. The summed E-state index contributed by atoms with van der Waals surface area (Å²) in [6, 6.07) is 5.44. The number of rotatable bonds is 4. The zero-order chi connectivity index (χ0) is 15.3. The number of halogens is 4. The predicted molar refractivity (Wildman–Crippen MR) is 63.8 cm³/mol. The van der Waals surface area contributed by atoms with E-state index in [2.05, 4.69) is 4.74 Å². The van der Waals surface area contributed by atoms with Crippen LogP contribution in [0.2, 0.25) is 5.02 Å². The number of alkyl halides is 3. The van der Waals surface area contributed by atoms with E-state index in [1.165, 1.54) is 24.3 Å². The van der Waals surface area contributed by atoms with Gasteiger partial charge in [-0.2, -0.15) is 13.2 Å². The fourth-order valence-electron chi connectivity index (χ4n) is 1.26. The van der Waals surface area contributed by atoms with Crippen LogP contribution in [0.4, 0.5) is 23.7 Å². The third kappa shape index (κ3) is 5.35. The van der Waals surface area contributed by atoms with Crippen molar-refractivity contribution < 1.29 is 32.6 Å². The minimum Gasteiger partial charge on any atom is -0.480 e. The smallest absolute Gasteiger partial charge is 0.422 e. The summed E-state index contributed by atoms with van der Waals surface area (Å²) in [5.74, 6) is -1.41. The number of nitrogens with zero attached hydrogens (tertiary/aromatic N) is 1. The number of ether oxygens (including phenoxy) is 1. The van der Waals surface area contributed by atoms with Gasteiger partial charge in [0.25, 0.3) is 0 Å². The first-order valence-corrected chi connectivity index (χ1v) is 5.55. The lowest BCUT2D eigenvalue weighted by Crippen LogP contribution is -2.37. The molecular formula is C11H9ClF3NO4. The first-order chi connectivity index (χ1) is 9.19. The van der Waals surface area contributed by atoms with E-state index in [-0.39, 0.29) is 10.7 Å². The number of carboxylic acids is 1. The quantitative estimate of drug-likeness (QED) is 0.928. The van der Waals surface area contributed by atoms with Crippen LogP contribution in [0.25, 0.3) is 0 Å². The molecule has 20 heavy (non-hydrogen) atoms. The maximum absolute atomic E-state index is 12.0. The normalized spacial score (nSPS) is 11.0. The van der Waals surface area contributed by atoms with Crippen molar-refractivity contribution in [1.29, 1.82) is 0 Å². The fraction of sp³-hybridized carbons (Fsp3) is 0.273. The molecule has 1 amide bonds. The Bertz CT molecular complexity index is 507. The molecule has 0 aliphatic rings. The molecule has 0 heterocycles. The Morgan fingerprint density at radius 1 is 1.35 bits per heavy atom. The number of carboxylic acid groups (broad SMARTS) is 1. The van der Waals surface area contributed by atoms with Crippen LogP contribution in [0.1, 0.15) is 0 Å². The molecule has 0 saturated carbocycles. The number of carbonyl (C=O) groups excluding carboxylic acids is 1. The molecule has 1 rings (SSSR count). The van der Waals surface area contributed by atoms with Crippen molar-refractivity contribution in [2.45, 2.75) is 6.18 Å². The van der Waals surface area contributed by atoms with Crippen molar-refractivity contribution in [1.82, 2.24) is 0 Å². The molecule has 1 aromatic carbocycles. The lowest BCUT2D eigenvalue weighted by Gasteiger charge is -2.20. The number of hydrogen-bond acceptors (Lipinski definition) is 3. The molecule has 0 spiro atoms. The number of amides is 1. The zero-order valence-electron chi connectivity index (χ0n) is 9.85. The highest BCUT2D eigenvalue weighted by atomic mass is 35.5.